The molecular weight excluding hydrogens is 529 g/mol. The molecule has 0 spiro atoms. The van der Waals surface area contributed by atoms with Crippen LogP contribution in [0.25, 0.3) is 0 Å². The second-order valence-electron chi connectivity index (χ2n) is 4.33. The first kappa shape index (κ1) is 20.6. The van der Waals surface area contributed by atoms with E-state index in [1.165, 1.54) is 0 Å². The summed E-state index contributed by atoms with van der Waals surface area (Å²) in [6.45, 7) is 0. The van der Waals surface area contributed by atoms with Gasteiger partial charge in [0, 0.05) is 0 Å². The first-order valence-electron chi connectivity index (χ1n) is 6.04. The molecule has 138 valence electrons. The number of benzene rings is 2. The van der Waals surface area contributed by atoms with Crippen LogP contribution in [0.3, 0.4) is 0 Å². The molecule has 0 amide bonds. The minimum atomic E-state index is -6.08. The van der Waals surface area contributed by atoms with Gasteiger partial charge in [0.1, 0.15) is 0 Å². The van der Waals surface area contributed by atoms with Gasteiger partial charge in [0.05, 0.1) is 0 Å². The normalized spacial score (nSPS) is 13.0. The Bertz CT molecular complexity index is 854. The van der Waals surface area contributed by atoms with Crippen molar-refractivity contribution in [1.29, 1.82) is 0 Å². The SMILES string of the molecule is O=S(=O)(OI(c1ccc(Cl)cc1F)c1ccc(Cl)cc1F)C(F)(F)F. The summed E-state index contributed by atoms with van der Waals surface area (Å²) in [5.74, 6) is -2.21. The van der Waals surface area contributed by atoms with E-state index in [1.54, 1.807) is 0 Å². The average Bonchev–Trinajstić information content (AvgIpc) is 2.44. The summed E-state index contributed by atoms with van der Waals surface area (Å²) in [4.78, 5) is 0. The fourth-order valence-electron chi connectivity index (χ4n) is 1.52. The molecule has 0 radical (unpaired) electrons. The summed E-state index contributed by atoms with van der Waals surface area (Å²) in [5, 5.41) is -0.153. The molecule has 12 heteroatoms. The molecule has 0 aliphatic carbocycles. The van der Waals surface area contributed by atoms with Gasteiger partial charge in [-0.2, -0.15) is 0 Å². The molecule has 0 fully saturated rings. The Morgan fingerprint density at radius 1 is 0.880 bits per heavy atom. The monoisotopic (exact) mass is 534 g/mol. The third-order valence-corrected chi connectivity index (χ3v) is 10.3. The molecule has 0 unspecified atom stereocenters. The van der Waals surface area contributed by atoms with E-state index in [-0.39, 0.29) is 10.0 Å². The van der Waals surface area contributed by atoms with Crippen LogP contribution in [0.15, 0.2) is 36.4 Å². The molecule has 0 saturated heterocycles. The van der Waals surface area contributed by atoms with Crippen molar-refractivity contribution in [2.24, 2.45) is 0 Å². The van der Waals surface area contributed by atoms with E-state index in [4.69, 9.17) is 23.2 Å². The summed E-state index contributed by atoms with van der Waals surface area (Å²) >= 11 is 6.95. The number of hydrogen-bond donors (Lipinski definition) is 0. The topological polar surface area (TPSA) is 43.4 Å². The molecule has 0 saturated carbocycles. The van der Waals surface area contributed by atoms with Crippen LogP contribution >= 0.6 is 43.4 Å². The van der Waals surface area contributed by atoms with Gasteiger partial charge >= 0.3 is 157 Å². The van der Waals surface area contributed by atoms with Crippen molar-refractivity contribution < 1.29 is 32.9 Å². The Morgan fingerprint density at radius 2 is 1.28 bits per heavy atom. The zero-order chi connectivity index (χ0) is 19.0. The van der Waals surface area contributed by atoms with Gasteiger partial charge in [0.15, 0.2) is 0 Å². The van der Waals surface area contributed by atoms with Crippen LogP contribution in [0.5, 0.6) is 0 Å². The zero-order valence-corrected chi connectivity index (χ0v) is 16.1. The van der Waals surface area contributed by atoms with Crippen molar-refractivity contribution in [3.05, 3.63) is 65.2 Å². The molecule has 3 nitrogen and oxygen atoms in total. The minimum absolute atomic E-state index is 0.0765. The van der Waals surface area contributed by atoms with Crippen molar-refractivity contribution in [3.63, 3.8) is 0 Å². The molecule has 0 bridgehead atoms. The van der Waals surface area contributed by atoms with Gasteiger partial charge in [-0.25, -0.2) is 0 Å². The second-order valence-corrected chi connectivity index (χ2v) is 11.5. The Balaban J connectivity index is 2.63. The molecule has 0 aliphatic rings. The van der Waals surface area contributed by atoms with Crippen LogP contribution in [-0.4, -0.2) is 13.9 Å². The van der Waals surface area contributed by atoms with Crippen LogP contribution < -0.4 is 0 Å². The van der Waals surface area contributed by atoms with Gasteiger partial charge < -0.3 is 0 Å². The molecule has 2 aromatic carbocycles. The summed E-state index contributed by atoms with van der Waals surface area (Å²) in [5.41, 5.74) is -5.74. The van der Waals surface area contributed by atoms with E-state index in [0.717, 1.165) is 36.4 Å². The van der Waals surface area contributed by atoms with Gasteiger partial charge in [0.25, 0.3) is 0 Å². The Kier molecular flexibility index (Phi) is 6.19. The summed E-state index contributed by atoms with van der Waals surface area (Å²) < 4.78 is 92.1. The fourth-order valence-corrected chi connectivity index (χ4v) is 8.29. The predicted octanol–water partition coefficient (Wildman–Crippen LogP) is 5.60. The van der Waals surface area contributed by atoms with Crippen LogP contribution in [0.2, 0.25) is 10.0 Å². The van der Waals surface area contributed by atoms with Crippen molar-refractivity contribution in [2.75, 3.05) is 0 Å². The molecule has 0 aliphatic heterocycles. The number of hydrogen-bond acceptors (Lipinski definition) is 3. The standard InChI is InChI=1S/C13H6Cl2F5IO3S/c14-7-1-3-11(9(16)5-7)21(24-25(22,23)13(18,19)20)12-4-2-8(15)6-10(12)17/h1-6H. The third kappa shape index (κ3) is 4.73. The van der Waals surface area contributed by atoms with Gasteiger partial charge in [-0.1, -0.05) is 0 Å². The molecule has 0 aromatic heterocycles. The molecule has 0 N–H and O–H groups in total. The van der Waals surface area contributed by atoms with Crippen LogP contribution in [0, 0.1) is 18.8 Å². The second kappa shape index (κ2) is 7.51. The Hall–Kier alpha value is -0.690. The molecule has 0 heterocycles. The van der Waals surface area contributed by atoms with Gasteiger partial charge in [0.2, 0.25) is 0 Å². The molecule has 0 atom stereocenters. The van der Waals surface area contributed by atoms with E-state index < -0.39 is 54.6 Å². The van der Waals surface area contributed by atoms with Crippen molar-refractivity contribution in [1.82, 2.24) is 0 Å². The summed E-state index contributed by atoms with van der Waals surface area (Å²) in [6, 6.07) is 5.70. The molecule has 2 rings (SSSR count). The fraction of sp³-hybridized carbons (Fsp3) is 0.0769. The zero-order valence-electron chi connectivity index (χ0n) is 11.6. The third-order valence-electron chi connectivity index (χ3n) is 2.56. The number of rotatable bonds is 4. The predicted molar refractivity (Wildman–Crippen MR) is 90.3 cm³/mol. The average molecular weight is 535 g/mol. The van der Waals surface area contributed by atoms with Crippen molar-refractivity contribution in [2.45, 2.75) is 5.51 Å². The summed E-state index contributed by atoms with van der Waals surface area (Å²) in [7, 11) is -6.08. The Labute approximate surface area is 156 Å². The first-order chi connectivity index (χ1) is 11.4. The Morgan fingerprint density at radius 3 is 1.60 bits per heavy atom. The van der Waals surface area contributed by atoms with E-state index in [0.29, 0.717) is 0 Å². The van der Waals surface area contributed by atoms with E-state index in [1.807, 2.05) is 0 Å². The van der Waals surface area contributed by atoms with Crippen molar-refractivity contribution >= 4 is 53.6 Å². The van der Waals surface area contributed by atoms with E-state index in [2.05, 4.69) is 2.51 Å². The molecular formula is C13H6Cl2F5IO3S. The number of halogens is 8. The first-order valence-corrected chi connectivity index (χ1v) is 11.2. The molecule has 2 aromatic rings. The maximum absolute atomic E-state index is 14.1. The van der Waals surface area contributed by atoms with Crippen molar-refractivity contribution in [3.8, 4) is 0 Å². The van der Waals surface area contributed by atoms with E-state index in [9.17, 15) is 30.4 Å². The molecule has 25 heavy (non-hydrogen) atoms. The number of alkyl halides is 3. The van der Waals surface area contributed by atoms with Crippen LogP contribution in [0.1, 0.15) is 0 Å². The van der Waals surface area contributed by atoms with Gasteiger partial charge in [-0.15, -0.1) is 0 Å². The van der Waals surface area contributed by atoms with Gasteiger partial charge in [-0.3, -0.25) is 0 Å². The van der Waals surface area contributed by atoms with Crippen LogP contribution in [0.4, 0.5) is 22.0 Å². The summed E-state index contributed by atoms with van der Waals surface area (Å²) in [6.07, 6.45) is 0. The maximum atomic E-state index is 14.1. The van der Waals surface area contributed by atoms with Crippen LogP contribution in [-0.2, 0) is 12.6 Å². The van der Waals surface area contributed by atoms with Gasteiger partial charge in [-0.05, 0) is 0 Å². The quantitative estimate of drug-likeness (QED) is 0.222. The van der Waals surface area contributed by atoms with E-state index >= 15 is 0 Å².